The Labute approximate surface area is 94.5 Å². The lowest BCUT2D eigenvalue weighted by molar-refractivity contribution is 0.292. The van der Waals surface area contributed by atoms with Gasteiger partial charge in [-0.25, -0.2) is 0 Å². The maximum Gasteiger partial charge on any atom is 0.0516 e. The van der Waals surface area contributed by atoms with Gasteiger partial charge in [-0.05, 0) is 24.9 Å². The predicted octanol–water partition coefficient (Wildman–Crippen LogP) is 3.68. The number of hydrogen-bond acceptors (Lipinski definition) is 2. The molecule has 0 unspecified atom stereocenters. The van der Waals surface area contributed by atoms with Crippen molar-refractivity contribution >= 4 is 22.9 Å². The van der Waals surface area contributed by atoms with E-state index in [2.05, 4.69) is 5.32 Å². The van der Waals surface area contributed by atoms with E-state index in [9.17, 15) is 0 Å². The summed E-state index contributed by atoms with van der Waals surface area (Å²) < 4.78 is 0. The third kappa shape index (κ3) is 2.97. The van der Waals surface area contributed by atoms with E-state index in [-0.39, 0.29) is 0 Å². The molecule has 0 amide bonds. The lowest BCUT2D eigenvalue weighted by Gasteiger charge is -2.25. The smallest absolute Gasteiger partial charge is 0.0516 e. The first-order chi connectivity index (χ1) is 6.84. The molecule has 0 aliphatic heterocycles. The van der Waals surface area contributed by atoms with Gasteiger partial charge in [0.15, 0.2) is 0 Å². The molecule has 0 bridgehead atoms. The highest BCUT2D eigenvalue weighted by Gasteiger charge is 2.16. The minimum atomic E-state index is 0.866. The lowest BCUT2D eigenvalue weighted by atomic mass is 9.83. The van der Waals surface area contributed by atoms with Crippen LogP contribution in [0.3, 0.4) is 0 Å². The van der Waals surface area contributed by atoms with E-state index in [1.807, 2.05) is 11.4 Å². The van der Waals surface area contributed by atoms with Gasteiger partial charge < -0.3 is 5.32 Å². The molecule has 1 heterocycles. The molecule has 1 aliphatic rings. The molecular formula is C11H16ClNS. The van der Waals surface area contributed by atoms with Crippen molar-refractivity contribution in [1.82, 2.24) is 5.32 Å². The zero-order chi connectivity index (χ0) is 9.80. The van der Waals surface area contributed by atoms with Crippen molar-refractivity contribution in [3.8, 4) is 0 Å². The van der Waals surface area contributed by atoms with Gasteiger partial charge in [0.05, 0.1) is 5.02 Å². The van der Waals surface area contributed by atoms with Gasteiger partial charge in [-0.2, -0.15) is 0 Å². The lowest BCUT2D eigenvalue weighted by Crippen LogP contribution is -2.20. The second-order valence-electron chi connectivity index (χ2n) is 3.99. The standard InChI is InChI=1S/C11H16ClNS/c12-10-6-11(14-8-10)7-13-5-4-9-2-1-3-9/h6,8-9,13H,1-5,7H2. The molecule has 0 aromatic carbocycles. The van der Waals surface area contributed by atoms with Gasteiger partial charge in [0, 0.05) is 16.8 Å². The first-order valence-electron chi connectivity index (χ1n) is 5.28. The zero-order valence-corrected chi connectivity index (χ0v) is 9.83. The van der Waals surface area contributed by atoms with Crippen molar-refractivity contribution in [2.75, 3.05) is 6.54 Å². The number of hydrogen-bond donors (Lipinski definition) is 1. The SMILES string of the molecule is Clc1csc(CNCCC2CCC2)c1. The Morgan fingerprint density at radius 3 is 2.93 bits per heavy atom. The van der Waals surface area contributed by atoms with Crippen LogP contribution in [-0.2, 0) is 6.54 Å². The van der Waals surface area contributed by atoms with Gasteiger partial charge in [0.25, 0.3) is 0 Å². The summed E-state index contributed by atoms with van der Waals surface area (Å²) >= 11 is 7.57. The predicted molar refractivity (Wildman–Crippen MR) is 63.0 cm³/mol. The van der Waals surface area contributed by atoms with Crippen LogP contribution >= 0.6 is 22.9 Å². The van der Waals surface area contributed by atoms with Crippen LogP contribution < -0.4 is 5.32 Å². The highest BCUT2D eigenvalue weighted by molar-refractivity contribution is 7.10. The van der Waals surface area contributed by atoms with E-state index >= 15 is 0 Å². The molecule has 14 heavy (non-hydrogen) atoms. The van der Waals surface area contributed by atoms with E-state index in [4.69, 9.17) is 11.6 Å². The van der Waals surface area contributed by atoms with Gasteiger partial charge in [0.2, 0.25) is 0 Å². The van der Waals surface area contributed by atoms with Crippen LogP contribution in [0.25, 0.3) is 0 Å². The quantitative estimate of drug-likeness (QED) is 0.760. The molecular weight excluding hydrogens is 214 g/mol. The topological polar surface area (TPSA) is 12.0 Å². The van der Waals surface area contributed by atoms with E-state index in [0.29, 0.717) is 0 Å². The molecule has 0 saturated heterocycles. The van der Waals surface area contributed by atoms with Crippen molar-refractivity contribution in [2.45, 2.75) is 32.2 Å². The normalized spacial score (nSPS) is 16.9. The van der Waals surface area contributed by atoms with Crippen LogP contribution in [0.5, 0.6) is 0 Å². The summed E-state index contributed by atoms with van der Waals surface area (Å²) in [5, 5.41) is 6.32. The largest absolute Gasteiger partial charge is 0.312 e. The van der Waals surface area contributed by atoms with Gasteiger partial charge in [-0.3, -0.25) is 0 Å². The number of nitrogens with one attached hydrogen (secondary N) is 1. The van der Waals surface area contributed by atoms with Gasteiger partial charge in [-0.1, -0.05) is 30.9 Å². The summed E-state index contributed by atoms with van der Waals surface area (Å²) in [4.78, 5) is 1.34. The molecule has 2 rings (SSSR count). The van der Waals surface area contributed by atoms with Crippen LogP contribution in [0.15, 0.2) is 11.4 Å². The summed E-state index contributed by atoms with van der Waals surface area (Å²) in [6, 6.07) is 2.04. The molecule has 1 aromatic heterocycles. The van der Waals surface area contributed by atoms with E-state index in [1.165, 1.54) is 30.6 Å². The summed E-state index contributed by atoms with van der Waals surface area (Å²) in [5.41, 5.74) is 0. The minimum Gasteiger partial charge on any atom is -0.312 e. The fourth-order valence-electron chi connectivity index (χ4n) is 1.75. The maximum atomic E-state index is 5.84. The van der Waals surface area contributed by atoms with Crippen LogP contribution in [0.1, 0.15) is 30.6 Å². The second-order valence-corrected chi connectivity index (χ2v) is 5.43. The fraction of sp³-hybridized carbons (Fsp3) is 0.636. The Kier molecular flexibility index (Phi) is 3.85. The van der Waals surface area contributed by atoms with Gasteiger partial charge >= 0.3 is 0 Å². The fourth-order valence-corrected chi connectivity index (χ4v) is 2.79. The van der Waals surface area contributed by atoms with Crippen molar-refractivity contribution in [3.05, 3.63) is 21.3 Å². The van der Waals surface area contributed by atoms with Gasteiger partial charge in [0.1, 0.15) is 0 Å². The van der Waals surface area contributed by atoms with E-state index < -0.39 is 0 Å². The third-order valence-corrected chi connectivity index (χ3v) is 4.16. The molecule has 78 valence electrons. The minimum absolute atomic E-state index is 0.866. The molecule has 0 atom stereocenters. The second kappa shape index (κ2) is 5.15. The van der Waals surface area contributed by atoms with Crippen molar-refractivity contribution in [1.29, 1.82) is 0 Å². The van der Waals surface area contributed by atoms with Gasteiger partial charge in [-0.15, -0.1) is 11.3 Å². The summed E-state index contributed by atoms with van der Waals surface area (Å²) in [5.74, 6) is 1.01. The highest BCUT2D eigenvalue weighted by Crippen LogP contribution is 2.28. The van der Waals surface area contributed by atoms with Crippen LogP contribution in [-0.4, -0.2) is 6.54 Å². The van der Waals surface area contributed by atoms with E-state index in [0.717, 1.165) is 24.0 Å². The summed E-state index contributed by atoms with van der Waals surface area (Å²) in [6.07, 6.45) is 5.70. The number of rotatable bonds is 5. The molecule has 1 aromatic rings. The van der Waals surface area contributed by atoms with E-state index in [1.54, 1.807) is 11.3 Å². The monoisotopic (exact) mass is 229 g/mol. The Morgan fingerprint density at radius 1 is 1.50 bits per heavy atom. The Balaban J connectivity index is 1.58. The molecule has 3 heteroatoms. The van der Waals surface area contributed by atoms with Crippen molar-refractivity contribution < 1.29 is 0 Å². The Hall–Kier alpha value is -0.0500. The van der Waals surface area contributed by atoms with Crippen molar-refractivity contribution in [3.63, 3.8) is 0 Å². The number of thiophene rings is 1. The maximum absolute atomic E-state index is 5.84. The highest BCUT2D eigenvalue weighted by atomic mass is 35.5. The molecule has 0 radical (unpaired) electrons. The molecule has 1 saturated carbocycles. The summed E-state index contributed by atoms with van der Waals surface area (Å²) in [7, 11) is 0. The average molecular weight is 230 g/mol. The van der Waals surface area contributed by atoms with Crippen LogP contribution in [0, 0.1) is 5.92 Å². The molecule has 1 N–H and O–H groups in total. The average Bonchev–Trinajstić information content (AvgIpc) is 2.48. The first kappa shape index (κ1) is 10.5. The molecule has 1 fully saturated rings. The molecule has 0 spiro atoms. The zero-order valence-electron chi connectivity index (χ0n) is 8.26. The van der Waals surface area contributed by atoms with Crippen molar-refractivity contribution in [2.24, 2.45) is 5.92 Å². The Bertz CT molecular complexity index is 281. The first-order valence-corrected chi connectivity index (χ1v) is 6.54. The summed E-state index contributed by atoms with van der Waals surface area (Å²) in [6.45, 7) is 2.13. The third-order valence-electron chi connectivity index (χ3n) is 2.88. The Morgan fingerprint density at radius 2 is 2.36 bits per heavy atom. The molecule has 1 aliphatic carbocycles. The van der Waals surface area contributed by atoms with Crippen LogP contribution in [0.4, 0.5) is 0 Å². The number of halogens is 1. The van der Waals surface area contributed by atoms with Crippen LogP contribution in [0.2, 0.25) is 5.02 Å². The molecule has 1 nitrogen and oxygen atoms in total.